The van der Waals surface area contributed by atoms with E-state index in [1.54, 1.807) is 0 Å². The van der Waals surface area contributed by atoms with E-state index < -0.39 is 0 Å². The van der Waals surface area contributed by atoms with E-state index in [4.69, 9.17) is 14.9 Å². The molecule has 0 radical (unpaired) electrons. The Morgan fingerprint density at radius 1 is 1.05 bits per heavy atom. The second-order valence-corrected chi connectivity index (χ2v) is 4.78. The van der Waals surface area contributed by atoms with Crippen molar-refractivity contribution in [3.8, 4) is 11.5 Å². The lowest BCUT2D eigenvalue weighted by Gasteiger charge is -2.04. The summed E-state index contributed by atoms with van der Waals surface area (Å²) >= 11 is 0. The summed E-state index contributed by atoms with van der Waals surface area (Å²) < 4.78 is 11.6. The number of benzene rings is 2. The molecule has 2 aromatic carbocycles. The van der Waals surface area contributed by atoms with Crippen molar-refractivity contribution < 1.29 is 9.15 Å². The summed E-state index contributed by atoms with van der Waals surface area (Å²) in [4.78, 5) is 0. The van der Waals surface area contributed by atoms with Crippen LogP contribution in [0.5, 0.6) is 11.5 Å². The first-order chi connectivity index (χ1) is 9.76. The molecule has 0 amide bonds. The molecule has 0 fully saturated rings. The number of hydrogen-bond donors (Lipinski definition) is 1. The van der Waals surface area contributed by atoms with Crippen LogP contribution < -0.4 is 10.5 Å². The van der Waals surface area contributed by atoms with Crippen molar-refractivity contribution in [2.24, 2.45) is 5.73 Å². The Kier molecular flexibility index (Phi) is 3.44. The van der Waals surface area contributed by atoms with Crippen molar-refractivity contribution >= 4 is 11.0 Å². The zero-order valence-corrected chi connectivity index (χ0v) is 11.4. The normalized spacial score (nSPS) is 12.5. The van der Waals surface area contributed by atoms with Crippen LogP contribution in [0.1, 0.15) is 25.1 Å². The molecule has 3 nitrogen and oxygen atoms in total. The molecule has 20 heavy (non-hydrogen) atoms. The minimum Gasteiger partial charge on any atom is -0.459 e. The number of hydrogen-bond acceptors (Lipinski definition) is 3. The first-order valence-corrected chi connectivity index (χ1v) is 6.78. The topological polar surface area (TPSA) is 48.4 Å². The highest BCUT2D eigenvalue weighted by atomic mass is 16.5. The lowest BCUT2D eigenvalue weighted by atomic mass is 10.1. The highest BCUT2D eigenvalue weighted by Gasteiger charge is 2.10. The van der Waals surface area contributed by atoms with E-state index in [9.17, 15) is 0 Å². The maximum absolute atomic E-state index is 5.99. The molecule has 1 aromatic heterocycles. The molecule has 0 aliphatic rings. The molecule has 3 rings (SSSR count). The number of para-hydroxylation sites is 1. The van der Waals surface area contributed by atoms with Crippen LogP contribution in [0.4, 0.5) is 0 Å². The summed E-state index contributed by atoms with van der Waals surface area (Å²) in [5.74, 6) is 2.43. The lowest BCUT2D eigenvalue weighted by molar-refractivity contribution is 0.480. The van der Waals surface area contributed by atoms with E-state index in [2.05, 4.69) is 0 Å². The first-order valence-electron chi connectivity index (χ1n) is 6.78. The first kappa shape index (κ1) is 12.8. The molecule has 3 aromatic rings. The van der Waals surface area contributed by atoms with Gasteiger partial charge in [0.2, 0.25) is 0 Å². The highest BCUT2D eigenvalue weighted by Crippen LogP contribution is 2.29. The third-order valence-corrected chi connectivity index (χ3v) is 3.29. The van der Waals surface area contributed by atoms with Gasteiger partial charge in [-0.15, -0.1) is 0 Å². The quantitative estimate of drug-likeness (QED) is 0.749. The average Bonchev–Trinajstić information content (AvgIpc) is 2.90. The predicted octanol–water partition coefficient (Wildman–Crippen LogP) is 4.63. The molecule has 0 aliphatic carbocycles. The van der Waals surface area contributed by atoms with Gasteiger partial charge in [-0.2, -0.15) is 0 Å². The molecule has 2 N–H and O–H groups in total. The van der Waals surface area contributed by atoms with E-state index in [0.717, 1.165) is 34.6 Å². The molecule has 1 atom stereocenters. The minimum atomic E-state index is -0.0547. The Bertz CT molecular complexity index is 703. The summed E-state index contributed by atoms with van der Waals surface area (Å²) in [6, 6.07) is 17.4. The van der Waals surface area contributed by atoms with Crippen LogP contribution in [0, 0.1) is 0 Å². The smallest absolute Gasteiger partial charge is 0.134 e. The number of ether oxygens (including phenoxy) is 1. The van der Waals surface area contributed by atoms with Gasteiger partial charge < -0.3 is 14.9 Å². The molecular formula is C17H17NO2. The van der Waals surface area contributed by atoms with Gasteiger partial charge in [0, 0.05) is 5.39 Å². The average molecular weight is 267 g/mol. The van der Waals surface area contributed by atoms with E-state index in [1.807, 2.05) is 61.5 Å². The molecule has 1 unspecified atom stereocenters. The van der Waals surface area contributed by atoms with Crippen LogP contribution in [0.2, 0.25) is 0 Å². The monoisotopic (exact) mass is 267 g/mol. The second kappa shape index (κ2) is 5.39. The summed E-state index contributed by atoms with van der Waals surface area (Å²) in [6.45, 7) is 2.04. The third kappa shape index (κ3) is 2.53. The van der Waals surface area contributed by atoms with E-state index in [0.29, 0.717) is 0 Å². The van der Waals surface area contributed by atoms with Crippen LogP contribution in [0.15, 0.2) is 59.0 Å². The van der Waals surface area contributed by atoms with Crippen molar-refractivity contribution in [3.63, 3.8) is 0 Å². The van der Waals surface area contributed by atoms with Gasteiger partial charge in [0.15, 0.2) is 0 Å². The van der Waals surface area contributed by atoms with Gasteiger partial charge >= 0.3 is 0 Å². The molecule has 102 valence electrons. The standard InChI is InChI=1S/C17H17NO2/c1-2-15(18)17-11-12-10-14(8-9-16(12)20-17)19-13-6-4-3-5-7-13/h3-11,15H,2,18H2,1H3. The van der Waals surface area contributed by atoms with Crippen LogP contribution >= 0.6 is 0 Å². The van der Waals surface area contributed by atoms with Gasteiger partial charge in [-0.3, -0.25) is 0 Å². The zero-order chi connectivity index (χ0) is 13.9. The second-order valence-electron chi connectivity index (χ2n) is 4.78. The molecule has 0 saturated carbocycles. The van der Waals surface area contributed by atoms with Crippen LogP contribution in [-0.2, 0) is 0 Å². The molecule has 0 saturated heterocycles. The van der Waals surface area contributed by atoms with E-state index in [-0.39, 0.29) is 6.04 Å². The number of fused-ring (bicyclic) bond motifs is 1. The summed E-state index contributed by atoms with van der Waals surface area (Å²) in [6.07, 6.45) is 0.854. The maximum Gasteiger partial charge on any atom is 0.134 e. The Hall–Kier alpha value is -2.26. The Labute approximate surface area is 118 Å². The fraction of sp³-hybridized carbons (Fsp3) is 0.176. The van der Waals surface area contributed by atoms with E-state index >= 15 is 0 Å². The van der Waals surface area contributed by atoms with Gasteiger partial charge in [-0.1, -0.05) is 25.1 Å². The molecule has 3 heteroatoms. The maximum atomic E-state index is 5.99. The van der Waals surface area contributed by atoms with Crippen molar-refractivity contribution in [2.75, 3.05) is 0 Å². The van der Waals surface area contributed by atoms with Gasteiger partial charge in [0.25, 0.3) is 0 Å². The molecule has 0 aliphatic heterocycles. The summed E-state index contributed by atoms with van der Waals surface area (Å²) in [5.41, 5.74) is 6.83. The molecule has 0 spiro atoms. The largest absolute Gasteiger partial charge is 0.459 e. The Morgan fingerprint density at radius 3 is 2.60 bits per heavy atom. The number of nitrogens with two attached hydrogens (primary N) is 1. The van der Waals surface area contributed by atoms with Crippen molar-refractivity contribution in [3.05, 3.63) is 60.4 Å². The van der Waals surface area contributed by atoms with Crippen molar-refractivity contribution in [1.29, 1.82) is 0 Å². The number of rotatable bonds is 4. The zero-order valence-electron chi connectivity index (χ0n) is 11.4. The van der Waals surface area contributed by atoms with E-state index in [1.165, 1.54) is 0 Å². The molecule has 0 bridgehead atoms. The van der Waals surface area contributed by atoms with Crippen LogP contribution in [-0.4, -0.2) is 0 Å². The predicted molar refractivity (Wildman–Crippen MR) is 79.9 cm³/mol. The van der Waals surface area contributed by atoms with Gasteiger partial charge in [-0.05, 0) is 42.8 Å². The molecule has 1 heterocycles. The Morgan fingerprint density at radius 2 is 1.85 bits per heavy atom. The van der Waals surface area contributed by atoms with Crippen LogP contribution in [0.25, 0.3) is 11.0 Å². The lowest BCUT2D eigenvalue weighted by Crippen LogP contribution is -2.06. The van der Waals surface area contributed by atoms with Crippen molar-refractivity contribution in [1.82, 2.24) is 0 Å². The molecular weight excluding hydrogens is 250 g/mol. The summed E-state index contributed by atoms with van der Waals surface area (Å²) in [5, 5.41) is 1.01. The fourth-order valence-corrected chi connectivity index (χ4v) is 2.11. The highest BCUT2D eigenvalue weighted by molar-refractivity contribution is 5.79. The van der Waals surface area contributed by atoms with Crippen LogP contribution in [0.3, 0.4) is 0 Å². The van der Waals surface area contributed by atoms with Gasteiger partial charge in [0.05, 0.1) is 6.04 Å². The fourth-order valence-electron chi connectivity index (χ4n) is 2.11. The Balaban J connectivity index is 1.90. The summed E-state index contributed by atoms with van der Waals surface area (Å²) in [7, 11) is 0. The van der Waals surface area contributed by atoms with Gasteiger partial charge in [-0.25, -0.2) is 0 Å². The number of furan rings is 1. The van der Waals surface area contributed by atoms with Crippen molar-refractivity contribution in [2.45, 2.75) is 19.4 Å². The SMILES string of the molecule is CCC(N)c1cc2cc(Oc3ccccc3)ccc2o1. The minimum absolute atomic E-state index is 0.0547. The van der Waals surface area contributed by atoms with Gasteiger partial charge in [0.1, 0.15) is 22.8 Å². The third-order valence-electron chi connectivity index (χ3n) is 3.29.